The van der Waals surface area contributed by atoms with E-state index in [1.807, 2.05) is 0 Å². The molecule has 1 heterocycles. The largest absolute Gasteiger partial charge is 0.369 e. The number of nitro benzene ring substituents is 1. The lowest BCUT2D eigenvalue weighted by Crippen LogP contribution is -1.89. The first-order valence-corrected chi connectivity index (χ1v) is 4.47. The normalized spacial score (nSPS) is 10.6. The Morgan fingerprint density at radius 1 is 1.57 bits per heavy atom. The molecular weight excluding hydrogens is 252 g/mol. The molecule has 3 N–H and O–H groups in total. The van der Waals surface area contributed by atoms with Crippen LogP contribution in [-0.4, -0.2) is 14.9 Å². The first kappa shape index (κ1) is 8.95. The molecule has 0 saturated carbocycles. The van der Waals surface area contributed by atoms with Crippen LogP contribution in [0.25, 0.3) is 11.0 Å². The van der Waals surface area contributed by atoms with Gasteiger partial charge in [-0.05, 0) is 22.0 Å². The van der Waals surface area contributed by atoms with Crippen molar-refractivity contribution in [3.8, 4) is 0 Å². The van der Waals surface area contributed by atoms with E-state index in [9.17, 15) is 10.1 Å². The Morgan fingerprint density at radius 2 is 2.29 bits per heavy atom. The molecule has 2 rings (SSSR count). The Labute approximate surface area is 86.4 Å². The number of aromatic amines is 1. The highest BCUT2D eigenvalue weighted by Crippen LogP contribution is 2.29. The second-order valence-electron chi connectivity index (χ2n) is 2.67. The van der Waals surface area contributed by atoms with Crippen LogP contribution in [-0.2, 0) is 0 Å². The Hall–Kier alpha value is -1.63. The molecule has 0 aliphatic carbocycles. The zero-order chi connectivity index (χ0) is 10.3. The summed E-state index contributed by atoms with van der Waals surface area (Å²) in [7, 11) is 0. The van der Waals surface area contributed by atoms with E-state index >= 15 is 0 Å². The molecule has 0 amide bonds. The van der Waals surface area contributed by atoms with Crippen molar-refractivity contribution in [1.29, 1.82) is 0 Å². The van der Waals surface area contributed by atoms with E-state index in [-0.39, 0.29) is 17.2 Å². The van der Waals surface area contributed by atoms with Gasteiger partial charge in [0.2, 0.25) is 0 Å². The van der Waals surface area contributed by atoms with Gasteiger partial charge in [-0.2, -0.15) is 0 Å². The first-order chi connectivity index (χ1) is 6.59. The molecule has 0 aliphatic rings. The summed E-state index contributed by atoms with van der Waals surface area (Å²) in [5, 5.41) is 10.6. The molecule has 0 radical (unpaired) electrons. The number of nitrogens with one attached hydrogen (secondary N) is 1. The van der Waals surface area contributed by atoms with E-state index in [4.69, 9.17) is 5.73 Å². The van der Waals surface area contributed by atoms with E-state index in [0.717, 1.165) is 0 Å². The zero-order valence-corrected chi connectivity index (χ0v) is 8.41. The number of non-ortho nitro benzene ring substituents is 1. The Kier molecular flexibility index (Phi) is 1.88. The van der Waals surface area contributed by atoms with Gasteiger partial charge in [0.25, 0.3) is 5.69 Å². The number of imidazole rings is 1. The van der Waals surface area contributed by atoms with Crippen LogP contribution < -0.4 is 5.73 Å². The summed E-state index contributed by atoms with van der Waals surface area (Å²) in [4.78, 5) is 16.7. The van der Waals surface area contributed by atoms with Crippen molar-refractivity contribution in [2.45, 2.75) is 0 Å². The lowest BCUT2D eigenvalue weighted by atomic mass is 10.3. The summed E-state index contributed by atoms with van der Waals surface area (Å²) < 4.78 is 0.697. The minimum absolute atomic E-state index is 0.0591. The van der Waals surface area contributed by atoms with Crippen LogP contribution in [0, 0.1) is 10.1 Å². The molecule has 2 aromatic rings. The van der Waals surface area contributed by atoms with Gasteiger partial charge >= 0.3 is 0 Å². The molecule has 7 heteroatoms. The summed E-state index contributed by atoms with van der Waals surface area (Å²) in [5.41, 5.74) is 6.16. The predicted molar refractivity (Wildman–Crippen MR) is 54.9 cm³/mol. The number of nitrogens with zero attached hydrogens (tertiary/aromatic N) is 2. The second-order valence-corrected chi connectivity index (χ2v) is 3.52. The Morgan fingerprint density at radius 3 is 2.93 bits per heavy atom. The minimum atomic E-state index is -0.491. The average molecular weight is 257 g/mol. The molecule has 1 aromatic heterocycles. The number of nitrogen functional groups attached to an aromatic ring is 1. The maximum atomic E-state index is 10.6. The van der Waals surface area contributed by atoms with Crippen molar-refractivity contribution in [1.82, 2.24) is 9.97 Å². The van der Waals surface area contributed by atoms with Gasteiger partial charge in [0.05, 0.1) is 10.4 Å². The molecule has 0 spiro atoms. The maximum Gasteiger partial charge on any atom is 0.297 e. The highest BCUT2D eigenvalue weighted by atomic mass is 79.9. The number of hydrogen-bond donors (Lipinski definition) is 2. The van der Waals surface area contributed by atoms with Crippen LogP contribution >= 0.6 is 15.9 Å². The zero-order valence-electron chi connectivity index (χ0n) is 6.82. The third-order valence-corrected chi connectivity index (χ3v) is 2.45. The van der Waals surface area contributed by atoms with Gasteiger partial charge < -0.3 is 10.7 Å². The SMILES string of the molecule is Nc1nc2c([N+](=O)[O-])ccc(Br)c2[nH]1. The van der Waals surface area contributed by atoms with Crippen molar-refractivity contribution in [3.05, 3.63) is 26.7 Å². The highest BCUT2D eigenvalue weighted by molar-refractivity contribution is 9.10. The van der Waals surface area contributed by atoms with Crippen molar-refractivity contribution in [2.24, 2.45) is 0 Å². The van der Waals surface area contributed by atoms with Crippen LogP contribution in [0.2, 0.25) is 0 Å². The number of halogens is 1. The molecule has 6 nitrogen and oxygen atoms in total. The fraction of sp³-hybridized carbons (Fsp3) is 0. The fourth-order valence-corrected chi connectivity index (χ4v) is 1.63. The van der Waals surface area contributed by atoms with E-state index in [1.165, 1.54) is 6.07 Å². The van der Waals surface area contributed by atoms with Crippen molar-refractivity contribution in [3.63, 3.8) is 0 Å². The standard InChI is InChI=1S/C7H5BrN4O2/c8-3-1-2-4(12(13)14)6-5(3)10-7(9)11-6/h1-2H,(H3,9,10,11). The number of nitrogens with two attached hydrogens (primary N) is 1. The molecule has 0 atom stereocenters. The fourth-order valence-electron chi connectivity index (χ4n) is 1.21. The summed E-state index contributed by atoms with van der Waals surface area (Å²) >= 11 is 3.24. The number of nitro groups is 1. The first-order valence-electron chi connectivity index (χ1n) is 3.67. The van der Waals surface area contributed by atoms with Gasteiger partial charge in [0, 0.05) is 10.5 Å². The third-order valence-electron chi connectivity index (χ3n) is 1.79. The number of H-pyrrole nitrogens is 1. The lowest BCUT2D eigenvalue weighted by Gasteiger charge is -1.93. The smallest absolute Gasteiger partial charge is 0.297 e. The Balaban J connectivity index is 2.87. The topological polar surface area (TPSA) is 97.8 Å². The summed E-state index contributed by atoms with van der Waals surface area (Å²) in [6.07, 6.45) is 0. The molecule has 1 aromatic carbocycles. The molecule has 72 valence electrons. The van der Waals surface area contributed by atoms with Crippen LogP contribution in [0.1, 0.15) is 0 Å². The number of anilines is 1. The second kappa shape index (κ2) is 2.95. The summed E-state index contributed by atoms with van der Waals surface area (Å²) in [5.74, 6) is 0.162. The lowest BCUT2D eigenvalue weighted by molar-refractivity contribution is -0.383. The van der Waals surface area contributed by atoms with Crippen LogP contribution in [0.15, 0.2) is 16.6 Å². The van der Waals surface area contributed by atoms with E-state index < -0.39 is 4.92 Å². The van der Waals surface area contributed by atoms with Gasteiger partial charge in [0.1, 0.15) is 0 Å². The van der Waals surface area contributed by atoms with Gasteiger partial charge in [-0.15, -0.1) is 0 Å². The summed E-state index contributed by atoms with van der Waals surface area (Å²) in [6, 6.07) is 2.96. The van der Waals surface area contributed by atoms with Crippen LogP contribution in [0.3, 0.4) is 0 Å². The van der Waals surface area contributed by atoms with Crippen molar-refractivity contribution in [2.75, 3.05) is 5.73 Å². The Bertz CT molecular complexity index is 522. The number of hydrogen-bond acceptors (Lipinski definition) is 4. The number of benzene rings is 1. The molecule has 0 fully saturated rings. The summed E-state index contributed by atoms with van der Waals surface area (Å²) in [6.45, 7) is 0. The molecule has 0 bridgehead atoms. The number of aromatic nitrogens is 2. The highest BCUT2D eigenvalue weighted by Gasteiger charge is 2.16. The van der Waals surface area contributed by atoms with Crippen LogP contribution in [0.5, 0.6) is 0 Å². The minimum Gasteiger partial charge on any atom is -0.369 e. The average Bonchev–Trinajstić information content (AvgIpc) is 2.47. The van der Waals surface area contributed by atoms with E-state index in [2.05, 4.69) is 25.9 Å². The number of rotatable bonds is 1. The molecule has 0 aliphatic heterocycles. The predicted octanol–water partition coefficient (Wildman–Crippen LogP) is 1.82. The molecule has 0 unspecified atom stereocenters. The monoisotopic (exact) mass is 256 g/mol. The molecular formula is C7H5BrN4O2. The molecule has 14 heavy (non-hydrogen) atoms. The van der Waals surface area contributed by atoms with Gasteiger partial charge in [-0.1, -0.05) is 0 Å². The van der Waals surface area contributed by atoms with E-state index in [1.54, 1.807) is 6.07 Å². The van der Waals surface area contributed by atoms with Crippen molar-refractivity contribution >= 4 is 38.6 Å². The quantitative estimate of drug-likeness (QED) is 0.601. The maximum absolute atomic E-state index is 10.6. The number of fused-ring (bicyclic) bond motifs is 1. The molecule has 0 saturated heterocycles. The van der Waals surface area contributed by atoms with Gasteiger partial charge in [0.15, 0.2) is 11.5 Å². The van der Waals surface area contributed by atoms with Crippen molar-refractivity contribution < 1.29 is 4.92 Å². The third kappa shape index (κ3) is 1.22. The van der Waals surface area contributed by atoms with Gasteiger partial charge in [-0.25, -0.2) is 4.98 Å². The van der Waals surface area contributed by atoms with Crippen LogP contribution in [0.4, 0.5) is 11.6 Å². The van der Waals surface area contributed by atoms with E-state index in [0.29, 0.717) is 9.99 Å². The van der Waals surface area contributed by atoms with Gasteiger partial charge in [-0.3, -0.25) is 10.1 Å².